The second-order valence-corrected chi connectivity index (χ2v) is 3.99. The quantitative estimate of drug-likeness (QED) is 0.873. The zero-order valence-corrected chi connectivity index (χ0v) is 10.5. The van der Waals surface area contributed by atoms with E-state index in [-0.39, 0.29) is 5.91 Å². The van der Waals surface area contributed by atoms with Gasteiger partial charge in [-0.1, -0.05) is 28.1 Å². The van der Waals surface area contributed by atoms with E-state index < -0.39 is 12.1 Å². The molecule has 1 amide bonds. The molecule has 4 nitrogen and oxygen atoms in total. The van der Waals surface area contributed by atoms with E-state index in [1.54, 1.807) is 0 Å². The number of nitrogens with two attached hydrogens (primary N) is 1. The van der Waals surface area contributed by atoms with Crippen LogP contribution in [-0.2, 0) is 16.0 Å². The number of carboxylic acid groups (broad SMARTS) is 1. The highest BCUT2D eigenvalue weighted by atomic mass is 79.9. The summed E-state index contributed by atoms with van der Waals surface area (Å²) in [5.74, 6) is -3.06. The van der Waals surface area contributed by atoms with Gasteiger partial charge in [-0.2, -0.15) is 13.2 Å². The van der Waals surface area contributed by atoms with Crippen LogP contribution in [0.2, 0.25) is 0 Å². The van der Waals surface area contributed by atoms with Gasteiger partial charge in [0, 0.05) is 4.47 Å². The fraction of sp³-hybridized carbons (Fsp3) is 0.200. The summed E-state index contributed by atoms with van der Waals surface area (Å²) in [6, 6.07) is 7.53. The molecule has 0 aliphatic carbocycles. The summed E-state index contributed by atoms with van der Waals surface area (Å²) >= 11 is 3.30. The Morgan fingerprint density at radius 1 is 1.33 bits per heavy atom. The van der Waals surface area contributed by atoms with Crippen molar-refractivity contribution in [2.24, 2.45) is 5.73 Å². The third-order valence-electron chi connectivity index (χ3n) is 1.51. The van der Waals surface area contributed by atoms with Crippen LogP contribution >= 0.6 is 15.9 Å². The molecule has 100 valence electrons. The van der Waals surface area contributed by atoms with Gasteiger partial charge in [0.25, 0.3) is 0 Å². The molecule has 0 unspecified atom stereocenters. The van der Waals surface area contributed by atoms with Crippen molar-refractivity contribution in [2.75, 3.05) is 0 Å². The molecule has 18 heavy (non-hydrogen) atoms. The number of benzene rings is 1. The normalized spacial score (nSPS) is 10.2. The fourth-order valence-electron chi connectivity index (χ4n) is 0.848. The lowest BCUT2D eigenvalue weighted by molar-refractivity contribution is -0.192. The maximum absolute atomic E-state index is 10.6. The first-order valence-corrected chi connectivity index (χ1v) is 5.25. The van der Waals surface area contributed by atoms with Gasteiger partial charge in [0.05, 0.1) is 6.42 Å². The second-order valence-electron chi connectivity index (χ2n) is 3.08. The lowest BCUT2D eigenvalue weighted by Gasteiger charge is -1.96. The van der Waals surface area contributed by atoms with E-state index in [9.17, 15) is 18.0 Å². The van der Waals surface area contributed by atoms with Crippen LogP contribution < -0.4 is 5.73 Å². The van der Waals surface area contributed by atoms with Crippen molar-refractivity contribution in [3.8, 4) is 0 Å². The van der Waals surface area contributed by atoms with Gasteiger partial charge >= 0.3 is 12.1 Å². The van der Waals surface area contributed by atoms with Gasteiger partial charge in [0.1, 0.15) is 0 Å². The molecule has 1 aromatic rings. The van der Waals surface area contributed by atoms with Gasteiger partial charge in [-0.15, -0.1) is 0 Å². The number of rotatable bonds is 2. The first-order chi connectivity index (χ1) is 8.12. The zero-order chi connectivity index (χ0) is 14.3. The number of primary amides is 1. The molecular weight excluding hydrogens is 319 g/mol. The largest absolute Gasteiger partial charge is 0.490 e. The molecular formula is C10H9BrF3NO3. The molecule has 1 rings (SSSR count). The third kappa shape index (κ3) is 7.66. The molecule has 0 heterocycles. The maximum atomic E-state index is 10.6. The van der Waals surface area contributed by atoms with Gasteiger partial charge < -0.3 is 10.8 Å². The highest BCUT2D eigenvalue weighted by Gasteiger charge is 2.38. The summed E-state index contributed by atoms with van der Waals surface area (Å²) in [7, 11) is 0. The summed E-state index contributed by atoms with van der Waals surface area (Å²) in [6.07, 6.45) is -4.78. The van der Waals surface area contributed by atoms with Gasteiger partial charge in [-0.25, -0.2) is 4.79 Å². The summed E-state index contributed by atoms with van der Waals surface area (Å²) in [4.78, 5) is 19.4. The molecule has 0 fully saturated rings. The highest BCUT2D eigenvalue weighted by molar-refractivity contribution is 9.10. The monoisotopic (exact) mass is 327 g/mol. The predicted octanol–water partition coefficient (Wildman–Crippen LogP) is 2.11. The van der Waals surface area contributed by atoms with E-state index in [1.807, 2.05) is 24.3 Å². The van der Waals surface area contributed by atoms with Gasteiger partial charge in [-0.3, -0.25) is 4.79 Å². The molecule has 0 aliphatic heterocycles. The Balaban J connectivity index is 0.000000360. The lowest BCUT2D eigenvalue weighted by Crippen LogP contribution is -2.21. The zero-order valence-electron chi connectivity index (χ0n) is 8.87. The molecule has 0 saturated heterocycles. The van der Waals surface area contributed by atoms with E-state index in [4.69, 9.17) is 15.6 Å². The van der Waals surface area contributed by atoms with Crippen LogP contribution in [0.5, 0.6) is 0 Å². The Kier molecular flexibility index (Phi) is 6.39. The molecule has 0 bridgehead atoms. The Morgan fingerprint density at radius 2 is 1.83 bits per heavy atom. The van der Waals surface area contributed by atoms with Gasteiger partial charge in [0.15, 0.2) is 0 Å². The van der Waals surface area contributed by atoms with E-state index in [1.165, 1.54) is 0 Å². The molecule has 0 aromatic heterocycles. The third-order valence-corrected chi connectivity index (χ3v) is 2.00. The number of hydrogen-bond acceptors (Lipinski definition) is 2. The molecule has 0 aliphatic rings. The van der Waals surface area contributed by atoms with Crippen LogP contribution in [-0.4, -0.2) is 23.2 Å². The van der Waals surface area contributed by atoms with Crippen LogP contribution in [0.3, 0.4) is 0 Å². The Hall–Kier alpha value is -1.57. The standard InChI is InChI=1S/C8H8BrNO.C2HF3O2/c9-7-3-1-2-6(4-7)5-8(10)11;3-2(4,5)1(6)7/h1-4H,5H2,(H2,10,11);(H,6,7). The van der Waals surface area contributed by atoms with E-state index in [2.05, 4.69) is 15.9 Å². The van der Waals surface area contributed by atoms with Crippen molar-refractivity contribution >= 4 is 27.8 Å². The Morgan fingerprint density at radius 3 is 2.17 bits per heavy atom. The molecule has 0 atom stereocenters. The SMILES string of the molecule is NC(=O)Cc1cccc(Br)c1.O=C(O)C(F)(F)F. The molecule has 0 radical (unpaired) electrons. The number of alkyl halides is 3. The summed E-state index contributed by atoms with van der Waals surface area (Å²) in [5, 5.41) is 7.12. The van der Waals surface area contributed by atoms with Crippen LogP contribution in [0.15, 0.2) is 28.7 Å². The van der Waals surface area contributed by atoms with Crippen LogP contribution in [0.1, 0.15) is 5.56 Å². The van der Waals surface area contributed by atoms with Crippen molar-refractivity contribution in [1.29, 1.82) is 0 Å². The number of carbonyl (C=O) groups excluding carboxylic acids is 1. The average molecular weight is 328 g/mol. The van der Waals surface area contributed by atoms with Crippen molar-refractivity contribution < 1.29 is 27.9 Å². The number of carboxylic acids is 1. The molecule has 1 aromatic carbocycles. The van der Waals surface area contributed by atoms with Gasteiger partial charge in [-0.05, 0) is 17.7 Å². The van der Waals surface area contributed by atoms with Crippen molar-refractivity contribution in [1.82, 2.24) is 0 Å². The van der Waals surface area contributed by atoms with E-state index in [0.717, 1.165) is 10.0 Å². The molecule has 8 heteroatoms. The number of carbonyl (C=O) groups is 2. The number of aliphatic carboxylic acids is 1. The van der Waals surface area contributed by atoms with Crippen molar-refractivity contribution in [3.05, 3.63) is 34.3 Å². The molecule has 0 spiro atoms. The van der Waals surface area contributed by atoms with Crippen LogP contribution in [0, 0.1) is 0 Å². The number of hydrogen-bond donors (Lipinski definition) is 2. The number of amides is 1. The van der Waals surface area contributed by atoms with E-state index >= 15 is 0 Å². The first-order valence-electron chi connectivity index (χ1n) is 4.45. The molecule has 3 N–H and O–H groups in total. The minimum absolute atomic E-state index is 0.303. The van der Waals surface area contributed by atoms with Crippen LogP contribution in [0.25, 0.3) is 0 Å². The van der Waals surface area contributed by atoms with Crippen molar-refractivity contribution in [2.45, 2.75) is 12.6 Å². The Bertz CT molecular complexity index is 435. The molecule has 0 saturated carbocycles. The summed E-state index contributed by atoms with van der Waals surface area (Å²) in [5.41, 5.74) is 5.96. The first kappa shape index (κ1) is 16.4. The topological polar surface area (TPSA) is 80.4 Å². The minimum Gasteiger partial charge on any atom is -0.475 e. The summed E-state index contributed by atoms with van der Waals surface area (Å²) in [6.45, 7) is 0. The highest BCUT2D eigenvalue weighted by Crippen LogP contribution is 2.13. The number of halogens is 4. The average Bonchev–Trinajstić information content (AvgIpc) is 2.15. The minimum atomic E-state index is -5.08. The maximum Gasteiger partial charge on any atom is 0.490 e. The lowest BCUT2D eigenvalue weighted by atomic mass is 10.1. The fourth-order valence-corrected chi connectivity index (χ4v) is 1.29. The van der Waals surface area contributed by atoms with Crippen molar-refractivity contribution in [3.63, 3.8) is 0 Å². The summed E-state index contributed by atoms with van der Waals surface area (Å²) < 4.78 is 32.7. The smallest absolute Gasteiger partial charge is 0.475 e. The van der Waals surface area contributed by atoms with E-state index in [0.29, 0.717) is 6.42 Å². The Labute approximate surface area is 109 Å². The van der Waals surface area contributed by atoms with Gasteiger partial charge in [0.2, 0.25) is 5.91 Å². The van der Waals surface area contributed by atoms with Crippen LogP contribution in [0.4, 0.5) is 13.2 Å². The second kappa shape index (κ2) is 7.00. The predicted molar refractivity (Wildman–Crippen MR) is 60.7 cm³/mol.